The Bertz CT molecular complexity index is 637. The maximum Gasteiger partial charge on any atom is 0.346 e. The van der Waals surface area contributed by atoms with Gasteiger partial charge in [0.2, 0.25) is 11.8 Å². The van der Waals surface area contributed by atoms with Crippen molar-refractivity contribution in [3.05, 3.63) is 46.1 Å². The van der Waals surface area contributed by atoms with E-state index in [1.54, 1.807) is 6.07 Å². The minimum Gasteiger partial charge on any atom is -0.493 e. The summed E-state index contributed by atoms with van der Waals surface area (Å²) >= 11 is 0. The van der Waals surface area contributed by atoms with Crippen molar-refractivity contribution in [1.82, 2.24) is 4.98 Å². The highest BCUT2D eigenvalue weighted by molar-refractivity contribution is 5.54. The van der Waals surface area contributed by atoms with E-state index < -0.39 is 11.4 Å². The quantitative estimate of drug-likeness (QED) is 0.921. The van der Waals surface area contributed by atoms with Crippen LogP contribution in [0.15, 0.2) is 33.5 Å². The molecule has 0 radical (unpaired) electrons. The average Bonchev–Trinajstić information content (AvgIpc) is 2.38. The van der Waals surface area contributed by atoms with Gasteiger partial charge in [-0.05, 0) is 25.0 Å². The SMILES string of the molecule is CCCCc1c(O)nc(-c2ccccc2F)oc1=O. The van der Waals surface area contributed by atoms with Crippen LogP contribution in [-0.2, 0) is 6.42 Å². The Morgan fingerprint density at radius 1 is 1.37 bits per heavy atom. The van der Waals surface area contributed by atoms with Gasteiger partial charge in [0.05, 0.1) is 11.1 Å². The van der Waals surface area contributed by atoms with Gasteiger partial charge in [0.1, 0.15) is 5.82 Å². The molecule has 100 valence electrons. The van der Waals surface area contributed by atoms with Gasteiger partial charge in [-0.2, -0.15) is 4.98 Å². The van der Waals surface area contributed by atoms with Crippen molar-refractivity contribution < 1.29 is 13.9 Å². The molecule has 0 amide bonds. The zero-order chi connectivity index (χ0) is 13.8. The summed E-state index contributed by atoms with van der Waals surface area (Å²) in [4.78, 5) is 15.5. The summed E-state index contributed by atoms with van der Waals surface area (Å²) < 4.78 is 18.5. The van der Waals surface area contributed by atoms with Crippen molar-refractivity contribution in [1.29, 1.82) is 0 Å². The first kappa shape index (κ1) is 13.3. The molecule has 2 aromatic rings. The van der Waals surface area contributed by atoms with Gasteiger partial charge < -0.3 is 9.52 Å². The van der Waals surface area contributed by atoms with Crippen molar-refractivity contribution in [2.24, 2.45) is 0 Å². The van der Waals surface area contributed by atoms with Crippen LogP contribution in [0.25, 0.3) is 11.5 Å². The summed E-state index contributed by atoms with van der Waals surface area (Å²) in [5.41, 5.74) is -0.474. The second-order valence-corrected chi connectivity index (χ2v) is 4.19. The van der Waals surface area contributed by atoms with Gasteiger partial charge in [-0.1, -0.05) is 25.5 Å². The van der Waals surface area contributed by atoms with E-state index in [0.29, 0.717) is 6.42 Å². The van der Waals surface area contributed by atoms with E-state index in [4.69, 9.17) is 4.42 Å². The summed E-state index contributed by atoms with van der Waals surface area (Å²) in [5, 5.41) is 9.76. The first-order valence-electron chi connectivity index (χ1n) is 6.11. The van der Waals surface area contributed by atoms with Crippen molar-refractivity contribution in [3.8, 4) is 17.3 Å². The molecule has 0 saturated carbocycles. The van der Waals surface area contributed by atoms with E-state index in [1.165, 1.54) is 18.2 Å². The number of aromatic nitrogens is 1. The van der Waals surface area contributed by atoms with Gasteiger partial charge in [0.25, 0.3) is 0 Å². The highest BCUT2D eigenvalue weighted by Gasteiger charge is 2.15. The number of hydrogen-bond donors (Lipinski definition) is 1. The summed E-state index contributed by atoms with van der Waals surface area (Å²) in [6.45, 7) is 1.97. The zero-order valence-electron chi connectivity index (χ0n) is 10.5. The maximum absolute atomic E-state index is 13.6. The summed E-state index contributed by atoms with van der Waals surface area (Å²) in [6, 6.07) is 5.79. The van der Waals surface area contributed by atoms with Crippen LogP contribution >= 0.6 is 0 Å². The van der Waals surface area contributed by atoms with Crippen LogP contribution in [0.3, 0.4) is 0 Å². The molecule has 1 aromatic carbocycles. The number of halogens is 1. The van der Waals surface area contributed by atoms with E-state index >= 15 is 0 Å². The van der Waals surface area contributed by atoms with Crippen LogP contribution in [-0.4, -0.2) is 10.1 Å². The van der Waals surface area contributed by atoms with Gasteiger partial charge in [0, 0.05) is 0 Å². The molecule has 1 aromatic heterocycles. The van der Waals surface area contributed by atoms with E-state index in [9.17, 15) is 14.3 Å². The third kappa shape index (κ3) is 2.81. The Kier molecular flexibility index (Phi) is 3.94. The second-order valence-electron chi connectivity index (χ2n) is 4.19. The number of benzene rings is 1. The first-order chi connectivity index (χ1) is 9.13. The van der Waals surface area contributed by atoms with Crippen LogP contribution < -0.4 is 5.63 Å². The van der Waals surface area contributed by atoms with Crippen LogP contribution in [0.1, 0.15) is 25.3 Å². The molecule has 19 heavy (non-hydrogen) atoms. The van der Waals surface area contributed by atoms with E-state index in [2.05, 4.69) is 4.98 Å². The molecule has 0 spiro atoms. The minimum atomic E-state index is -0.667. The zero-order valence-corrected chi connectivity index (χ0v) is 10.5. The normalized spacial score (nSPS) is 10.6. The number of unbranched alkanes of at least 4 members (excludes halogenated alkanes) is 1. The lowest BCUT2D eigenvalue weighted by Gasteiger charge is -2.04. The first-order valence-corrected chi connectivity index (χ1v) is 6.11. The number of hydrogen-bond acceptors (Lipinski definition) is 4. The largest absolute Gasteiger partial charge is 0.493 e. The predicted octanol–water partition coefficient (Wildman–Crippen LogP) is 2.89. The van der Waals surface area contributed by atoms with Gasteiger partial charge in [-0.25, -0.2) is 9.18 Å². The molecule has 0 aliphatic rings. The number of nitrogens with zero attached hydrogens (tertiary/aromatic N) is 1. The molecular formula is C14H14FNO3. The molecule has 0 aliphatic carbocycles. The number of aromatic hydroxyl groups is 1. The molecule has 0 aliphatic heterocycles. The standard InChI is InChI=1S/C14H14FNO3/c1-2-3-6-10-12(17)16-13(19-14(10)18)9-7-4-5-8-11(9)15/h4-5,7-8,17H,2-3,6H2,1H3. The third-order valence-electron chi connectivity index (χ3n) is 2.80. The van der Waals surface area contributed by atoms with Crippen LogP contribution in [0.5, 0.6) is 5.88 Å². The molecule has 0 unspecified atom stereocenters. The predicted molar refractivity (Wildman–Crippen MR) is 68.4 cm³/mol. The smallest absolute Gasteiger partial charge is 0.346 e. The van der Waals surface area contributed by atoms with Gasteiger partial charge in [-0.3, -0.25) is 0 Å². The van der Waals surface area contributed by atoms with E-state index in [-0.39, 0.29) is 22.9 Å². The van der Waals surface area contributed by atoms with E-state index in [0.717, 1.165) is 12.8 Å². The van der Waals surface area contributed by atoms with Crippen molar-refractivity contribution in [3.63, 3.8) is 0 Å². The molecule has 0 atom stereocenters. The van der Waals surface area contributed by atoms with Crippen molar-refractivity contribution in [2.75, 3.05) is 0 Å². The molecule has 4 nitrogen and oxygen atoms in total. The van der Waals surface area contributed by atoms with Crippen LogP contribution in [0.2, 0.25) is 0 Å². The fraction of sp³-hybridized carbons (Fsp3) is 0.286. The fourth-order valence-corrected chi connectivity index (χ4v) is 1.74. The summed E-state index contributed by atoms with van der Waals surface area (Å²) in [6.07, 6.45) is 2.03. The molecule has 5 heteroatoms. The summed E-state index contributed by atoms with van der Waals surface area (Å²) in [7, 11) is 0. The Morgan fingerprint density at radius 3 is 2.74 bits per heavy atom. The lowest BCUT2D eigenvalue weighted by atomic mass is 10.1. The topological polar surface area (TPSA) is 63.3 Å². The van der Waals surface area contributed by atoms with Crippen molar-refractivity contribution >= 4 is 0 Å². The van der Waals surface area contributed by atoms with Gasteiger partial charge >= 0.3 is 5.63 Å². The minimum absolute atomic E-state index is 0.0527. The molecule has 0 fully saturated rings. The highest BCUT2D eigenvalue weighted by atomic mass is 19.1. The van der Waals surface area contributed by atoms with Crippen LogP contribution in [0, 0.1) is 5.82 Å². The second kappa shape index (κ2) is 5.65. The summed E-state index contributed by atoms with van der Waals surface area (Å²) in [5.74, 6) is -1.15. The monoisotopic (exact) mass is 263 g/mol. The lowest BCUT2D eigenvalue weighted by molar-refractivity contribution is 0.407. The molecule has 0 saturated heterocycles. The van der Waals surface area contributed by atoms with Crippen molar-refractivity contribution in [2.45, 2.75) is 26.2 Å². The molecular weight excluding hydrogens is 249 g/mol. The number of rotatable bonds is 4. The molecule has 2 rings (SSSR count). The molecule has 1 N–H and O–H groups in total. The van der Waals surface area contributed by atoms with Gasteiger partial charge in [0.15, 0.2) is 0 Å². The Labute approximate surface area is 109 Å². The Morgan fingerprint density at radius 2 is 2.11 bits per heavy atom. The van der Waals surface area contributed by atoms with Gasteiger partial charge in [-0.15, -0.1) is 0 Å². The van der Waals surface area contributed by atoms with E-state index in [1.807, 2.05) is 6.92 Å². The highest BCUT2D eigenvalue weighted by Crippen LogP contribution is 2.22. The maximum atomic E-state index is 13.6. The Balaban J connectivity index is 2.46. The Hall–Kier alpha value is -2.17. The fourth-order valence-electron chi connectivity index (χ4n) is 1.74. The molecule has 0 bridgehead atoms. The third-order valence-corrected chi connectivity index (χ3v) is 2.80. The lowest BCUT2D eigenvalue weighted by Crippen LogP contribution is -2.10. The average molecular weight is 263 g/mol. The van der Waals surface area contributed by atoms with Crippen LogP contribution in [0.4, 0.5) is 4.39 Å². The molecule has 1 heterocycles.